The van der Waals surface area contributed by atoms with Gasteiger partial charge < -0.3 is 10.6 Å². The molecule has 1 heterocycles. The zero-order valence-electron chi connectivity index (χ0n) is 15.3. The van der Waals surface area contributed by atoms with E-state index in [9.17, 15) is 18.0 Å². The van der Waals surface area contributed by atoms with Crippen molar-refractivity contribution >= 4 is 54.6 Å². The van der Waals surface area contributed by atoms with Crippen molar-refractivity contribution in [3.8, 4) is 0 Å². The molecular formula is C19H19N3O4S2. The minimum Gasteiger partial charge on any atom is -0.348 e. The summed E-state index contributed by atoms with van der Waals surface area (Å²) < 4.78 is 26.7. The summed E-state index contributed by atoms with van der Waals surface area (Å²) in [6, 6.07) is 12.3. The molecule has 0 saturated heterocycles. The van der Waals surface area contributed by atoms with Gasteiger partial charge in [0.2, 0.25) is 15.9 Å². The van der Waals surface area contributed by atoms with Crippen LogP contribution in [0, 0.1) is 0 Å². The fraction of sp³-hybridized carbons (Fsp3) is 0.158. The Hall–Kier alpha value is -2.91. The normalized spacial score (nSPS) is 11.2. The third kappa shape index (κ3) is 4.87. The Bertz CT molecular complexity index is 1150. The van der Waals surface area contributed by atoms with Gasteiger partial charge in [0.1, 0.15) is 0 Å². The Morgan fingerprint density at radius 3 is 2.57 bits per heavy atom. The van der Waals surface area contributed by atoms with Gasteiger partial charge in [-0.15, -0.1) is 11.3 Å². The Kier molecular flexibility index (Phi) is 5.66. The van der Waals surface area contributed by atoms with E-state index in [0.29, 0.717) is 12.2 Å². The van der Waals surface area contributed by atoms with E-state index in [1.165, 1.54) is 25.1 Å². The lowest BCUT2D eigenvalue weighted by molar-refractivity contribution is -0.114. The van der Waals surface area contributed by atoms with Crippen molar-refractivity contribution in [2.45, 2.75) is 13.5 Å². The van der Waals surface area contributed by atoms with Gasteiger partial charge in [0.15, 0.2) is 0 Å². The van der Waals surface area contributed by atoms with Crippen LogP contribution >= 0.6 is 11.3 Å². The van der Waals surface area contributed by atoms with Crippen LogP contribution < -0.4 is 15.4 Å². The predicted molar refractivity (Wildman–Crippen MR) is 112 cm³/mol. The molecule has 0 radical (unpaired) electrons. The summed E-state index contributed by atoms with van der Waals surface area (Å²) in [5, 5.41) is 8.45. The van der Waals surface area contributed by atoms with Crippen LogP contribution in [0.5, 0.6) is 0 Å². The molecule has 0 saturated carbocycles. The van der Waals surface area contributed by atoms with Gasteiger partial charge in [-0.05, 0) is 40.6 Å². The third-order valence-corrected chi connectivity index (χ3v) is 5.48. The molecule has 0 spiro atoms. The molecule has 0 bridgehead atoms. The largest absolute Gasteiger partial charge is 0.348 e. The Labute approximate surface area is 166 Å². The number of rotatable bonds is 6. The van der Waals surface area contributed by atoms with Crippen LogP contribution in [0.25, 0.3) is 10.1 Å². The maximum Gasteiger partial charge on any atom is 0.253 e. The second-order valence-electron chi connectivity index (χ2n) is 6.26. The number of carbonyl (C=O) groups excluding carboxylic acids is 2. The number of nitrogens with one attached hydrogen (secondary N) is 3. The van der Waals surface area contributed by atoms with Crippen LogP contribution in [0.3, 0.4) is 0 Å². The van der Waals surface area contributed by atoms with Crippen molar-refractivity contribution in [3.63, 3.8) is 0 Å². The summed E-state index contributed by atoms with van der Waals surface area (Å²) in [7, 11) is -3.57. The summed E-state index contributed by atoms with van der Waals surface area (Å²) in [5.41, 5.74) is 1.64. The van der Waals surface area contributed by atoms with E-state index in [2.05, 4.69) is 15.4 Å². The first-order valence-corrected chi connectivity index (χ1v) is 11.1. The number of anilines is 2. The van der Waals surface area contributed by atoms with Crippen molar-refractivity contribution in [3.05, 3.63) is 59.0 Å². The highest BCUT2D eigenvalue weighted by Gasteiger charge is 2.16. The maximum atomic E-state index is 12.8. The van der Waals surface area contributed by atoms with Gasteiger partial charge in [-0.3, -0.25) is 14.3 Å². The molecule has 3 N–H and O–H groups in total. The van der Waals surface area contributed by atoms with Crippen molar-refractivity contribution in [2.24, 2.45) is 0 Å². The second-order valence-corrected chi connectivity index (χ2v) is 8.92. The Morgan fingerprint density at radius 1 is 1.11 bits per heavy atom. The minimum atomic E-state index is -3.57. The van der Waals surface area contributed by atoms with Crippen molar-refractivity contribution in [2.75, 3.05) is 16.3 Å². The van der Waals surface area contributed by atoms with Gasteiger partial charge in [0.25, 0.3) is 5.91 Å². The van der Waals surface area contributed by atoms with Gasteiger partial charge in [0.05, 0.1) is 17.5 Å². The molecule has 146 valence electrons. The molecule has 9 heteroatoms. The fourth-order valence-electron chi connectivity index (χ4n) is 2.74. The van der Waals surface area contributed by atoms with Crippen LogP contribution in [-0.2, 0) is 21.4 Å². The number of benzene rings is 2. The lowest BCUT2D eigenvalue weighted by Gasteiger charge is -2.13. The number of hydrogen-bond donors (Lipinski definition) is 3. The van der Waals surface area contributed by atoms with Crippen molar-refractivity contribution < 1.29 is 18.0 Å². The smallest absolute Gasteiger partial charge is 0.253 e. The maximum absolute atomic E-state index is 12.8. The molecule has 0 aliphatic rings. The van der Waals surface area contributed by atoms with Gasteiger partial charge >= 0.3 is 0 Å². The Balaban J connectivity index is 1.86. The van der Waals surface area contributed by atoms with Gasteiger partial charge in [-0.1, -0.05) is 18.2 Å². The van der Waals surface area contributed by atoms with E-state index in [1.807, 2.05) is 29.6 Å². The first-order valence-electron chi connectivity index (χ1n) is 8.35. The molecule has 0 fully saturated rings. The first kappa shape index (κ1) is 19.8. The van der Waals surface area contributed by atoms with E-state index < -0.39 is 15.9 Å². The molecule has 28 heavy (non-hydrogen) atoms. The Morgan fingerprint density at radius 2 is 1.86 bits per heavy atom. The fourth-order valence-corrected chi connectivity index (χ4v) is 4.28. The molecule has 0 aliphatic heterocycles. The lowest BCUT2D eigenvalue weighted by atomic mass is 10.1. The molecule has 0 atom stereocenters. The number of thiophene rings is 1. The number of carbonyl (C=O) groups is 2. The van der Waals surface area contributed by atoms with Crippen LogP contribution in [0.15, 0.2) is 47.8 Å². The number of hydrogen-bond acceptors (Lipinski definition) is 5. The third-order valence-electron chi connectivity index (χ3n) is 3.88. The van der Waals surface area contributed by atoms with Crippen LogP contribution in [-0.4, -0.2) is 26.5 Å². The van der Waals surface area contributed by atoms with E-state index >= 15 is 0 Å². The molecule has 2 aromatic carbocycles. The molecule has 0 aliphatic carbocycles. The van der Waals surface area contributed by atoms with Gasteiger partial charge in [-0.2, -0.15) is 0 Å². The highest BCUT2D eigenvalue weighted by Crippen LogP contribution is 2.26. The SMILES string of the molecule is CC(=O)Nc1ccc(NS(C)(=O)=O)c(C(=O)NCc2csc3ccccc23)c1. The zero-order valence-corrected chi connectivity index (χ0v) is 16.9. The first-order chi connectivity index (χ1) is 13.2. The summed E-state index contributed by atoms with van der Waals surface area (Å²) in [4.78, 5) is 24.1. The second kappa shape index (κ2) is 7.99. The van der Waals surface area contributed by atoms with Gasteiger partial charge in [0, 0.05) is 23.9 Å². The van der Waals surface area contributed by atoms with E-state index in [4.69, 9.17) is 0 Å². The summed E-state index contributed by atoms with van der Waals surface area (Å²) in [6.07, 6.45) is 1.01. The zero-order chi connectivity index (χ0) is 20.3. The lowest BCUT2D eigenvalue weighted by Crippen LogP contribution is -2.25. The topological polar surface area (TPSA) is 104 Å². The van der Waals surface area contributed by atoms with E-state index in [0.717, 1.165) is 21.9 Å². The molecule has 1 aromatic heterocycles. The molecule has 2 amide bonds. The quantitative estimate of drug-likeness (QED) is 0.573. The molecule has 0 unspecified atom stereocenters. The average Bonchev–Trinajstić information content (AvgIpc) is 3.02. The molecule has 7 nitrogen and oxygen atoms in total. The van der Waals surface area contributed by atoms with Crippen molar-refractivity contribution in [1.29, 1.82) is 0 Å². The summed E-state index contributed by atoms with van der Waals surface area (Å²) in [5.74, 6) is -0.742. The van der Waals surface area contributed by atoms with Crippen LogP contribution in [0.2, 0.25) is 0 Å². The number of fused-ring (bicyclic) bond motifs is 1. The summed E-state index contributed by atoms with van der Waals surface area (Å²) in [6.45, 7) is 1.65. The minimum absolute atomic E-state index is 0.121. The van der Waals surface area contributed by atoms with E-state index in [1.54, 1.807) is 11.3 Å². The number of sulfonamides is 1. The predicted octanol–water partition coefficient (Wildman–Crippen LogP) is 3.16. The van der Waals surface area contributed by atoms with E-state index in [-0.39, 0.29) is 17.2 Å². The van der Waals surface area contributed by atoms with Gasteiger partial charge in [-0.25, -0.2) is 8.42 Å². The summed E-state index contributed by atoms with van der Waals surface area (Å²) >= 11 is 1.59. The van der Waals surface area contributed by atoms with Crippen LogP contribution in [0.1, 0.15) is 22.8 Å². The molecule has 3 aromatic rings. The highest BCUT2D eigenvalue weighted by molar-refractivity contribution is 7.92. The van der Waals surface area contributed by atoms with Crippen molar-refractivity contribution in [1.82, 2.24) is 5.32 Å². The highest BCUT2D eigenvalue weighted by atomic mass is 32.2. The monoisotopic (exact) mass is 417 g/mol. The molecular weight excluding hydrogens is 398 g/mol. The average molecular weight is 418 g/mol. The molecule has 3 rings (SSSR count). The standard InChI is InChI=1S/C19H19N3O4S2/c1-12(23)21-14-7-8-17(22-28(2,25)26)16(9-14)19(24)20-10-13-11-27-18-6-4-3-5-15(13)18/h3-9,11,22H,10H2,1-2H3,(H,20,24)(H,21,23). The van der Waals surface area contributed by atoms with Crippen LogP contribution in [0.4, 0.5) is 11.4 Å². The number of amides is 2.